The summed E-state index contributed by atoms with van der Waals surface area (Å²) in [6, 6.07) is 10.4. The molecule has 3 aliphatic heterocycles. The minimum absolute atomic E-state index is 0.0481. The molecule has 4 aliphatic rings. The van der Waals surface area contributed by atoms with E-state index in [0.717, 1.165) is 0 Å². The Morgan fingerprint density at radius 2 is 1.39 bits per heavy atom. The number of anilines is 2. The molecular formula is C23H16N4O6. The molecule has 0 N–H and O–H groups in total. The lowest BCUT2D eigenvalue weighted by molar-refractivity contribution is -0.385. The summed E-state index contributed by atoms with van der Waals surface area (Å²) in [7, 11) is 0. The van der Waals surface area contributed by atoms with Crippen LogP contribution in [0.25, 0.3) is 0 Å². The Morgan fingerprint density at radius 1 is 0.818 bits per heavy atom. The van der Waals surface area contributed by atoms with Crippen LogP contribution in [0.15, 0.2) is 73.0 Å². The zero-order chi connectivity index (χ0) is 23.1. The molecule has 33 heavy (non-hydrogen) atoms. The highest BCUT2D eigenvalue weighted by Gasteiger charge is 2.81. The van der Waals surface area contributed by atoms with Gasteiger partial charge in [0.2, 0.25) is 0 Å². The second-order valence-electron chi connectivity index (χ2n) is 8.57. The second kappa shape index (κ2) is 6.35. The normalized spacial score (nSPS) is 30.8. The van der Waals surface area contributed by atoms with E-state index in [-0.39, 0.29) is 34.9 Å². The van der Waals surface area contributed by atoms with Crippen molar-refractivity contribution in [2.24, 2.45) is 11.3 Å². The first-order valence-electron chi connectivity index (χ1n) is 10.4. The number of allylic oxidation sites excluding steroid dienone is 1. The van der Waals surface area contributed by atoms with Crippen molar-refractivity contribution in [2.75, 3.05) is 9.80 Å². The fourth-order valence-electron chi connectivity index (χ4n) is 5.80. The van der Waals surface area contributed by atoms with Gasteiger partial charge in [0.15, 0.2) is 11.6 Å². The monoisotopic (exact) mass is 444 g/mol. The third-order valence-corrected chi connectivity index (χ3v) is 7.21. The zero-order valence-electron chi connectivity index (χ0n) is 17.0. The molecule has 5 atom stereocenters. The van der Waals surface area contributed by atoms with Crippen molar-refractivity contribution in [3.05, 3.63) is 93.2 Å². The summed E-state index contributed by atoms with van der Waals surface area (Å²) in [5.41, 5.74) is 0.328. The second-order valence-corrected chi connectivity index (χ2v) is 8.57. The fourth-order valence-corrected chi connectivity index (χ4v) is 5.80. The Balaban J connectivity index is 1.47. The molecule has 0 aromatic heterocycles. The molecule has 1 aliphatic carbocycles. The molecule has 1 spiro atoms. The summed E-state index contributed by atoms with van der Waals surface area (Å²) in [5, 5.41) is 22.1. The van der Waals surface area contributed by atoms with E-state index in [1.54, 1.807) is 36.5 Å². The Bertz CT molecular complexity index is 1300. The van der Waals surface area contributed by atoms with Crippen molar-refractivity contribution in [1.29, 1.82) is 0 Å². The molecule has 2 fully saturated rings. The third kappa shape index (κ3) is 2.37. The lowest BCUT2D eigenvalue weighted by Gasteiger charge is -2.37. The van der Waals surface area contributed by atoms with E-state index < -0.39 is 27.3 Å². The molecule has 1 saturated carbocycles. The van der Waals surface area contributed by atoms with Crippen molar-refractivity contribution in [3.63, 3.8) is 0 Å². The molecule has 2 aromatic rings. The number of non-ortho nitro benzene ring substituents is 2. The minimum Gasteiger partial charge on any atom is -0.351 e. The summed E-state index contributed by atoms with van der Waals surface area (Å²) in [6.07, 6.45) is 6.88. The number of nitro groups is 2. The average Bonchev–Trinajstić information content (AvgIpc) is 3.34. The van der Waals surface area contributed by atoms with Crippen molar-refractivity contribution in [2.45, 2.75) is 18.1 Å². The van der Waals surface area contributed by atoms with Crippen LogP contribution in [0.4, 0.5) is 22.7 Å². The average molecular weight is 444 g/mol. The van der Waals surface area contributed by atoms with E-state index >= 15 is 0 Å². The molecule has 164 valence electrons. The molecule has 10 heteroatoms. The van der Waals surface area contributed by atoms with E-state index in [1.807, 2.05) is 15.9 Å². The van der Waals surface area contributed by atoms with Crippen LogP contribution >= 0.6 is 0 Å². The quantitative estimate of drug-likeness (QED) is 0.520. The zero-order valence-corrected chi connectivity index (χ0v) is 17.0. The van der Waals surface area contributed by atoms with Crippen LogP contribution in [0.2, 0.25) is 0 Å². The Kier molecular flexibility index (Phi) is 3.72. The van der Waals surface area contributed by atoms with Crippen LogP contribution in [0, 0.1) is 31.6 Å². The number of rotatable bonds is 4. The van der Waals surface area contributed by atoms with E-state index in [4.69, 9.17) is 0 Å². The van der Waals surface area contributed by atoms with Gasteiger partial charge in [-0.25, -0.2) is 0 Å². The van der Waals surface area contributed by atoms with Crippen LogP contribution in [-0.4, -0.2) is 39.5 Å². The van der Waals surface area contributed by atoms with Gasteiger partial charge in [-0.05, 0) is 30.3 Å². The van der Waals surface area contributed by atoms with Gasteiger partial charge in [-0.3, -0.25) is 29.8 Å². The van der Waals surface area contributed by atoms with Gasteiger partial charge in [0.25, 0.3) is 11.4 Å². The fraction of sp³-hybridized carbons (Fsp3) is 0.217. The van der Waals surface area contributed by atoms with Crippen molar-refractivity contribution in [3.8, 4) is 0 Å². The van der Waals surface area contributed by atoms with Gasteiger partial charge in [0.1, 0.15) is 6.04 Å². The molecule has 3 heterocycles. The maximum Gasteiger partial charge on any atom is 0.269 e. The highest BCUT2D eigenvalue weighted by molar-refractivity contribution is 6.14. The lowest BCUT2D eigenvalue weighted by Crippen LogP contribution is -2.51. The molecule has 0 amide bonds. The van der Waals surface area contributed by atoms with Crippen molar-refractivity contribution < 1.29 is 19.4 Å². The number of hydrogen-bond acceptors (Lipinski definition) is 8. The predicted molar refractivity (Wildman–Crippen MR) is 117 cm³/mol. The summed E-state index contributed by atoms with van der Waals surface area (Å²) in [5.74, 6) is -0.443. The van der Waals surface area contributed by atoms with E-state index in [1.165, 1.54) is 30.3 Å². The summed E-state index contributed by atoms with van der Waals surface area (Å²) >= 11 is 0. The predicted octanol–water partition coefficient (Wildman–Crippen LogP) is 2.79. The van der Waals surface area contributed by atoms with Gasteiger partial charge in [0, 0.05) is 41.8 Å². The maximum absolute atomic E-state index is 13.2. The molecule has 1 saturated heterocycles. The molecule has 6 rings (SSSR count). The smallest absolute Gasteiger partial charge is 0.269 e. The molecular weight excluding hydrogens is 428 g/mol. The number of carbonyl (C=O) groups is 2. The minimum atomic E-state index is -0.828. The number of nitro benzene ring substituents is 2. The van der Waals surface area contributed by atoms with Gasteiger partial charge < -0.3 is 9.80 Å². The van der Waals surface area contributed by atoms with Crippen LogP contribution in [0.3, 0.4) is 0 Å². The summed E-state index contributed by atoms with van der Waals surface area (Å²) < 4.78 is 0. The SMILES string of the molecule is O=C1C=CC2N(c3ccc([N+](=O)[O-])cc3)C1C1N(c3ccc([N+](=O)[O-])cc3)C=CC3C(=O)C312. The third-order valence-electron chi connectivity index (χ3n) is 7.21. The van der Waals surface area contributed by atoms with Crippen LogP contribution in [0.1, 0.15) is 0 Å². The number of fused-ring (bicyclic) bond motifs is 3. The Labute approximate surface area is 186 Å². The largest absolute Gasteiger partial charge is 0.351 e. The molecule has 2 bridgehead atoms. The topological polar surface area (TPSA) is 127 Å². The highest BCUT2D eigenvalue weighted by Crippen LogP contribution is 2.66. The number of Topliss-reactive ketones (excluding diaryl/α,β-unsaturated/α-hetero) is 1. The van der Waals surface area contributed by atoms with Gasteiger partial charge in [-0.15, -0.1) is 0 Å². The van der Waals surface area contributed by atoms with Crippen molar-refractivity contribution >= 4 is 34.3 Å². The first-order chi connectivity index (χ1) is 15.9. The molecule has 5 unspecified atom stereocenters. The lowest BCUT2D eigenvalue weighted by atomic mass is 9.85. The van der Waals surface area contributed by atoms with Crippen LogP contribution < -0.4 is 9.80 Å². The van der Waals surface area contributed by atoms with Gasteiger partial charge in [-0.2, -0.15) is 0 Å². The number of hydrogen-bond donors (Lipinski definition) is 0. The van der Waals surface area contributed by atoms with Crippen molar-refractivity contribution in [1.82, 2.24) is 0 Å². The molecule has 10 nitrogen and oxygen atoms in total. The Hall–Kier alpha value is -4.34. The van der Waals surface area contributed by atoms with E-state index in [9.17, 15) is 29.8 Å². The van der Waals surface area contributed by atoms with E-state index in [2.05, 4.69) is 0 Å². The van der Waals surface area contributed by atoms with E-state index in [0.29, 0.717) is 11.4 Å². The number of benzene rings is 2. The first kappa shape index (κ1) is 19.4. The standard InChI is InChI=1S/C23H16N4O6/c28-18-9-10-19-23-17(22(23)29)11-12-24(13-1-5-15(6-2-13)26(30)31)21(23)20(18)25(19)14-3-7-16(8-4-14)27(32)33/h1-12,17,19-21H. The first-order valence-corrected chi connectivity index (χ1v) is 10.4. The number of ketones is 2. The maximum atomic E-state index is 13.2. The van der Waals surface area contributed by atoms with Crippen LogP contribution in [-0.2, 0) is 9.59 Å². The summed E-state index contributed by atoms with van der Waals surface area (Å²) in [6.45, 7) is 0. The highest BCUT2D eigenvalue weighted by atomic mass is 16.6. The van der Waals surface area contributed by atoms with Gasteiger partial charge in [-0.1, -0.05) is 12.2 Å². The number of carbonyl (C=O) groups excluding carboxylic acids is 2. The van der Waals surface area contributed by atoms with Gasteiger partial charge in [0.05, 0.1) is 33.3 Å². The van der Waals surface area contributed by atoms with Crippen LogP contribution in [0.5, 0.6) is 0 Å². The Morgan fingerprint density at radius 3 is 1.97 bits per heavy atom. The van der Waals surface area contributed by atoms with Gasteiger partial charge >= 0.3 is 0 Å². The molecule has 2 aromatic carbocycles. The summed E-state index contributed by atoms with van der Waals surface area (Å²) in [4.78, 5) is 51.3. The molecule has 0 radical (unpaired) electrons. The number of nitrogens with zero attached hydrogens (tertiary/aromatic N) is 4.